The van der Waals surface area contributed by atoms with Gasteiger partial charge in [-0.2, -0.15) is 0 Å². The monoisotopic (exact) mass is 224 g/mol. The van der Waals surface area contributed by atoms with Gasteiger partial charge >= 0.3 is 0 Å². The van der Waals surface area contributed by atoms with E-state index in [1.54, 1.807) is 0 Å². The molecular weight excluding hydrogens is 204 g/mol. The first-order chi connectivity index (χ1) is 7.72. The molecule has 1 saturated carbocycles. The Kier molecular flexibility index (Phi) is 3.56. The average molecular weight is 224 g/mol. The van der Waals surface area contributed by atoms with Crippen LogP contribution >= 0.6 is 0 Å². The van der Waals surface area contributed by atoms with Crippen LogP contribution in [0.3, 0.4) is 0 Å². The van der Waals surface area contributed by atoms with E-state index in [1.165, 1.54) is 0 Å². The summed E-state index contributed by atoms with van der Waals surface area (Å²) in [6, 6.07) is 0.353. The minimum atomic E-state index is 0.137. The highest BCUT2D eigenvalue weighted by atomic mass is 16.3. The lowest BCUT2D eigenvalue weighted by Crippen LogP contribution is -2.27. The van der Waals surface area contributed by atoms with Gasteiger partial charge in [0.05, 0.1) is 6.61 Å². The molecule has 2 rings (SSSR count). The van der Waals surface area contributed by atoms with Crippen molar-refractivity contribution in [2.45, 2.75) is 51.1 Å². The minimum absolute atomic E-state index is 0.137. The minimum Gasteiger partial charge on any atom is -0.395 e. The van der Waals surface area contributed by atoms with Crippen molar-refractivity contribution in [2.24, 2.45) is 5.73 Å². The van der Waals surface area contributed by atoms with Gasteiger partial charge < -0.3 is 15.4 Å². The van der Waals surface area contributed by atoms with E-state index in [2.05, 4.69) is 10.2 Å². The third kappa shape index (κ3) is 2.25. The van der Waals surface area contributed by atoms with Gasteiger partial charge in [0.15, 0.2) is 0 Å². The third-order valence-corrected chi connectivity index (χ3v) is 3.42. The molecule has 1 aromatic heterocycles. The van der Waals surface area contributed by atoms with E-state index in [9.17, 15) is 0 Å². The van der Waals surface area contributed by atoms with E-state index in [0.29, 0.717) is 18.5 Å². The highest BCUT2D eigenvalue weighted by Gasteiger charge is 2.24. The Bertz CT molecular complexity index is 342. The van der Waals surface area contributed by atoms with Crippen molar-refractivity contribution in [1.82, 2.24) is 14.8 Å². The molecule has 0 radical (unpaired) electrons. The maximum absolute atomic E-state index is 9.03. The SMILES string of the molecule is Cc1nnc(C2CCC(N)CC2)n1CCO. The van der Waals surface area contributed by atoms with E-state index >= 15 is 0 Å². The second-order valence-corrected chi connectivity index (χ2v) is 4.59. The zero-order valence-electron chi connectivity index (χ0n) is 9.76. The van der Waals surface area contributed by atoms with E-state index in [-0.39, 0.29) is 6.61 Å². The van der Waals surface area contributed by atoms with Crippen LogP contribution in [0.15, 0.2) is 0 Å². The molecular formula is C11H20N4O. The Morgan fingerprint density at radius 1 is 1.31 bits per heavy atom. The zero-order valence-corrected chi connectivity index (χ0v) is 9.76. The topological polar surface area (TPSA) is 77.0 Å². The third-order valence-electron chi connectivity index (χ3n) is 3.42. The van der Waals surface area contributed by atoms with Crippen molar-refractivity contribution in [3.05, 3.63) is 11.6 Å². The van der Waals surface area contributed by atoms with Gasteiger partial charge in [0.25, 0.3) is 0 Å². The summed E-state index contributed by atoms with van der Waals surface area (Å²) in [5.74, 6) is 2.38. The highest BCUT2D eigenvalue weighted by molar-refractivity contribution is 5.03. The lowest BCUT2D eigenvalue weighted by atomic mass is 9.86. The van der Waals surface area contributed by atoms with Crippen molar-refractivity contribution in [3.63, 3.8) is 0 Å². The maximum atomic E-state index is 9.03. The Labute approximate surface area is 95.7 Å². The van der Waals surface area contributed by atoms with Gasteiger partial charge in [-0.15, -0.1) is 10.2 Å². The fourth-order valence-corrected chi connectivity index (χ4v) is 2.45. The van der Waals surface area contributed by atoms with Gasteiger partial charge in [-0.1, -0.05) is 0 Å². The molecule has 0 aliphatic heterocycles. The fraction of sp³-hybridized carbons (Fsp3) is 0.818. The van der Waals surface area contributed by atoms with E-state index in [4.69, 9.17) is 10.8 Å². The molecule has 1 aliphatic carbocycles. The average Bonchev–Trinajstić information content (AvgIpc) is 2.63. The molecule has 16 heavy (non-hydrogen) atoms. The predicted octanol–water partition coefficient (Wildman–Crippen LogP) is 0.564. The van der Waals surface area contributed by atoms with Crippen molar-refractivity contribution in [3.8, 4) is 0 Å². The Balaban J connectivity index is 2.13. The van der Waals surface area contributed by atoms with Crippen molar-refractivity contribution in [2.75, 3.05) is 6.61 Å². The molecule has 5 heteroatoms. The molecule has 1 aromatic rings. The van der Waals surface area contributed by atoms with Gasteiger partial charge in [-0.05, 0) is 32.6 Å². The number of aromatic nitrogens is 3. The van der Waals surface area contributed by atoms with Crippen LogP contribution in [0.5, 0.6) is 0 Å². The summed E-state index contributed by atoms with van der Waals surface area (Å²) >= 11 is 0. The number of aryl methyl sites for hydroxylation is 1. The first-order valence-corrected chi connectivity index (χ1v) is 5.98. The molecule has 1 heterocycles. The van der Waals surface area contributed by atoms with Crippen LogP contribution in [0, 0.1) is 6.92 Å². The standard InChI is InChI=1S/C11H20N4O/c1-8-13-14-11(15(8)6-7-16)9-2-4-10(12)5-3-9/h9-10,16H,2-7,12H2,1H3. The Morgan fingerprint density at radius 3 is 2.62 bits per heavy atom. The van der Waals surface area contributed by atoms with E-state index in [1.807, 2.05) is 11.5 Å². The molecule has 0 aromatic carbocycles. The lowest BCUT2D eigenvalue weighted by molar-refractivity contribution is 0.269. The van der Waals surface area contributed by atoms with Gasteiger partial charge in [0, 0.05) is 18.5 Å². The van der Waals surface area contributed by atoms with Gasteiger partial charge in [0.2, 0.25) is 0 Å². The van der Waals surface area contributed by atoms with E-state index in [0.717, 1.165) is 37.3 Å². The fourth-order valence-electron chi connectivity index (χ4n) is 2.45. The highest BCUT2D eigenvalue weighted by Crippen LogP contribution is 2.31. The predicted molar refractivity (Wildman–Crippen MR) is 61.0 cm³/mol. The summed E-state index contributed by atoms with van der Waals surface area (Å²) in [6.45, 7) is 2.66. The molecule has 0 saturated heterocycles. The lowest BCUT2D eigenvalue weighted by Gasteiger charge is -2.25. The first-order valence-electron chi connectivity index (χ1n) is 5.98. The summed E-state index contributed by atoms with van der Waals surface area (Å²) in [7, 11) is 0. The molecule has 90 valence electrons. The first kappa shape index (κ1) is 11.5. The quantitative estimate of drug-likeness (QED) is 0.786. The molecule has 1 aliphatic rings. The number of rotatable bonds is 3. The summed E-state index contributed by atoms with van der Waals surface area (Å²) in [4.78, 5) is 0. The van der Waals surface area contributed by atoms with Crippen LogP contribution in [-0.4, -0.2) is 32.5 Å². The van der Waals surface area contributed by atoms with E-state index < -0.39 is 0 Å². The molecule has 0 spiro atoms. The molecule has 0 bridgehead atoms. The second kappa shape index (κ2) is 4.93. The largest absolute Gasteiger partial charge is 0.395 e. The number of nitrogens with zero attached hydrogens (tertiary/aromatic N) is 3. The van der Waals surface area contributed by atoms with Crippen molar-refractivity contribution >= 4 is 0 Å². The summed E-state index contributed by atoms with van der Waals surface area (Å²) < 4.78 is 2.03. The van der Waals surface area contributed by atoms with Gasteiger partial charge in [0.1, 0.15) is 11.6 Å². The summed E-state index contributed by atoms with van der Waals surface area (Å²) in [5.41, 5.74) is 5.89. The number of hydrogen-bond donors (Lipinski definition) is 2. The van der Waals surface area contributed by atoms with Crippen molar-refractivity contribution < 1.29 is 5.11 Å². The molecule has 0 amide bonds. The summed E-state index contributed by atoms with van der Waals surface area (Å²) in [6.07, 6.45) is 4.31. The van der Waals surface area contributed by atoms with Gasteiger partial charge in [-0.3, -0.25) is 0 Å². The molecule has 3 N–H and O–H groups in total. The Hall–Kier alpha value is -0.940. The van der Waals surface area contributed by atoms with Crippen LogP contribution in [-0.2, 0) is 6.54 Å². The molecule has 0 unspecified atom stereocenters. The molecule has 1 fully saturated rings. The smallest absolute Gasteiger partial charge is 0.136 e. The van der Waals surface area contributed by atoms with Crippen molar-refractivity contribution in [1.29, 1.82) is 0 Å². The summed E-state index contributed by atoms with van der Waals surface area (Å²) in [5, 5.41) is 17.4. The van der Waals surface area contributed by atoms with Crippen LogP contribution in [0.2, 0.25) is 0 Å². The maximum Gasteiger partial charge on any atom is 0.136 e. The van der Waals surface area contributed by atoms with Crippen LogP contribution in [0.4, 0.5) is 0 Å². The van der Waals surface area contributed by atoms with Crippen LogP contribution in [0.25, 0.3) is 0 Å². The number of hydrogen-bond acceptors (Lipinski definition) is 4. The number of aliphatic hydroxyl groups is 1. The zero-order chi connectivity index (χ0) is 11.5. The van der Waals surface area contributed by atoms with Gasteiger partial charge in [-0.25, -0.2) is 0 Å². The van der Waals surface area contributed by atoms with Crippen LogP contribution in [0.1, 0.15) is 43.3 Å². The number of nitrogens with two attached hydrogens (primary N) is 1. The second-order valence-electron chi connectivity index (χ2n) is 4.59. The normalized spacial score (nSPS) is 25.9. The Morgan fingerprint density at radius 2 is 2.00 bits per heavy atom. The van der Waals surface area contributed by atoms with Crippen LogP contribution < -0.4 is 5.73 Å². The molecule has 5 nitrogen and oxygen atoms in total. The molecule has 0 atom stereocenters. The number of aliphatic hydroxyl groups excluding tert-OH is 1.